The van der Waals surface area contributed by atoms with Gasteiger partial charge in [-0.2, -0.15) is 5.10 Å². The molecule has 1 aromatic heterocycles. The van der Waals surface area contributed by atoms with Crippen molar-refractivity contribution in [3.8, 4) is 28.2 Å². The maximum absolute atomic E-state index is 9.41. The average Bonchev–Trinajstić information content (AvgIpc) is 3.14. The summed E-state index contributed by atoms with van der Waals surface area (Å²) in [5, 5.41) is 9.25. The molecule has 0 aliphatic carbocycles. The van der Waals surface area contributed by atoms with Crippen molar-refractivity contribution in [2.75, 3.05) is 6.26 Å². The highest BCUT2D eigenvalue weighted by Gasteiger charge is 2.13. The molecule has 0 atom stereocenters. The molecule has 0 spiro atoms. The monoisotopic (exact) mass is 433 g/mol. The normalized spacial score (nSPS) is 11.0. The molecule has 0 saturated carbocycles. The van der Waals surface area contributed by atoms with Crippen LogP contribution in [0.5, 0.6) is 0 Å². The lowest BCUT2D eigenvalue weighted by Gasteiger charge is -2.08. The van der Waals surface area contributed by atoms with E-state index in [0.717, 1.165) is 28.9 Å². The number of nitrogens with two attached hydrogens (primary N) is 1. The molecule has 0 bridgehead atoms. The summed E-state index contributed by atoms with van der Waals surface area (Å²) in [5.41, 5.74) is 9.22. The van der Waals surface area contributed by atoms with E-state index in [4.69, 9.17) is 5.10 Å². The first-order chi connectivity index (χ1) is 14.6. The zero-order chi connectivity index (χ0) is 22.6. The molecule has 0 saturated heterocycles. The van der Waals surface area contributed by atoms with Crippen LogP contribution in [0.3, 0.4) is 0 Å². The van der Waals surface area contributed by atoms with Gasteiger partial charge in [0, 0.05) is 11.1 Å². The topological polar surface area (TPSA) is 78.0 Å². The molecule has 6 heteroatoms. The molecule has 3 aromatic carbocycles. The van der Waals surface area contributed by atoms with Gasteiger partial charge < -0.3 is 0 Å². The van der Waals surface area contributed by atoms with Crippen molar-refractivity contribution in [3.63, 3.8) is 0 Å². The van der Waals surface area contributed by atoms with Gasteiger partial charge in [-0.3, -0.25) is 0 Å². The molecule has 4 rings (SSSR count). The summed E-state index contributed by atoms with van der Waals surface area (Å²) >= 11 is 0. The molecule has 2 N–H and O–H groups in total. The molecule has 160 valence electrons. The lowest BCUT2D eigenvalue weighted by atomic mass is 10.1. The molecule has 0 amide bonds. The number of aryl methyl sites for hydroxylation is 3. The van der Waals surface area contributed by atoms with Crippen LogP contribution in [0.15, 0.2) is 78.9 Å². The van der Waals surface area contributed by atoms with Gasteiger partial charge in [-0.1, -0.05) is 77.4 Å². The quantitative estimate of drug-likeness (QED) is 0.492. The van der Waals surface area contributed by atoms with Crippen LogP contribution >= 0.6 is 0 Å². The first-order valence-electron chi connectivity index (χ1n) is 9.89. The Morgan fingerprint density at radius 3 is 1.55 bits per heavy atom. The van der Waals surface area contributed by atoms with Gasteiger partial charge >= 0.3 is 0 Å². The smallest absolute Gasteiger partial charge is 0.206 e. The van der Waals surface area contributed by atoms with Crippen molar-refractivity contribution >= 4 is 10.0 Å². The molecule has 0 aliphatic rings. The number of sulfonamides is 1. The van der Waals surface area contributed by atoms with Crippen LogP contribution in [0.25, 0.3) is 28.2 Å². The van der Waals surface area contributed by atoms with E-state index >= 15 is 0 Å². The van der Waals surface area contributed by atoms with E-state index in [1.165, 1.54) is 22.3 Å². The van der Waals surface area contributed by atoms with E-state index in [1.54, 1.807) is 0 Å². The molecule has 31 heavy (non-hydrogen) atoms. The van der Waals surface area contributed by atoms with Crippen LogP contribution in [-0.2, 0) is 10.0 Å². The van der Waals surface area contributed by atoms with Gasteiger partial charge in [0.15, 0.2) is 0 Å². The molecular formula is C25H27N3O2S. The maximum atomic E-state index is 9.41. The second-order valence-corrected chi connectivity index (χ2v) is 9.38. The molecule has 0 radical (unpaired) electrons. The SMILES string of the molecule is CS(N)(=O)=O.Cc1ccc(-c2cc(-c3ccc(C)cc3)n(-c3ccc(C)cc3)n2)cc1. The van der Waals surface area contributed by atoms with Gasteiger partial charge in [0.2, 0.25) is 10.0 Å². The molecular weight excluding hydrogens is 406 g/mol. The Balaban J connectivity index is 0.000000491. The summed E-state index contributed by atoms with van der Waals surface area (Å²) in [6.07, 6.45) is 0.938. The van der Waals surface area contributed by atoms with Crippen LogP contribution in [-0.4, -0.2) is 24.5 Å². The van der Waals surface area contributed by atoms with Crippen molar-refractivity contribution in [2.24, 2.45) is 5.14 Å². The van der Waals surface area contributed by atoms with Crippen molar-refractivity contribution < 1.29 is 8.42 Å². The lowest BCUT2D eigenvalue weighted by molar-refractivity contribution is 0.603. The molecule has 0 aliphatic heterocycles. The summed E-state index contributed by atoms with van der Waals surface area (Å²) < 4.78 is 20.9. The first kappa shape index (κ1) is 22.5. The van der Waals surface area contributed by atoms with Gasteiger partial charge in [-0.05, 0) is 39.0 Å². The second-order valence-electron chi connectivity index (χ2n) is 7.72. The highest BCUT2D eigenvalue weighted by Crippen LogP contribution is 2.29. The average molecular weight is 434 g/mol. The standard InChI is InChI=1S/C24H22N2.CH5NO2S/c1-17-4-10-20(11-5-17)23-16-24(21-12-6-18(2)7-13-21)26(25-23)22-14-8-19(3)9-15-22;1-5(2,3)4/h4-16H,1-3H3;1H3,(H2,2,3,4). The van der Waals surface area contributed by atoms with Gasteiger partial charge in [0.1, 0.15) is 0 Å². The largest absolute Gasteiger partial charge is 0.232 e. The molecule has 4 aromatic rings. The summed E-state index contributed by atoms with van der Waals surface area (Å²) in [7, 11) is -3.17. The number of aromatic nitrogens is 2. The Morgan fingerprint density at radius 1 is 0.710 bits per heavy atom. The van der Waals surface area contributed by atoms with E-state index in [9.17, 15) is 8.42 Å². The van der Waals surface area contributed by atoms with E-state index in [0.29, 0.717) is 0 Å². The van der Waals surface area contributed by atoms with Gasteiger partial charge in [0.05, 0.1) is 23.3 Å². The fourth-order valence-corrected chi connectivity index (χ4v) is 3.06. The Bertz CT molecular complexity index is 1190. The van der Waals surface area contributed by atoms with Crippen LogP contribution in [0.2, 0.25) is 0 Å². The van der Waals surface area contributed by atoms with E-state index in [2.05, 4.69) is 105 Å². The van der Waals surface area contributed by atoms with E-state index in [1.807, 2.05) is 4.68 Å². The minimum absolute atomic E-state index is 0.938. The highest BCUT2D eigenvalue weighted by atomic mass is 32.2. The minimum Gasteiger partial charge on any atom is -0.232 e. The highest BCUT2D eigenvalue weighted by molar-refractivity contribution is 7.88. The number of hydrogen-bond donors (Lipinski definition) is 1. The van der Waals surface area contributed by atoms with Crippen LogP contribution < -0.4 is 5.14 Å². The Kier molecular flexibility index (Phi) is 6.73. The van der Waals surface area contributed by atoms with Crippen molar-refractivity contribution in [2.45, 2.75) is 20.8 Å². The zero-order valence-corrected chi connectivity index (χ0v) is 19.0. The fraction of sp³-hybridized carbons (Fsp3) is 0.160. The molecule has 0 unspecified atom stereocenters. The molecule has 1 heterocycles. The third-order valence-electron chi connectivity index (χ3n) is 4.68. The second kappa shape index (κ2) is 9.29. The number of nitrogens with zero attached hydrogens (tertiary/aromatic N) is 2. The molecule has 0 fully saturated rings. The summed E-state index contributed by atoms with van der Waals surface area (Å²) in [4.78, 5) is 0. The van der Waals surface area contributed by atoms with Gasteiger partial charge in [0.25, 0.3) is 0 Å². The third-order valence-corrected chi connectivity index (χ3v) is 4.68. The predicted molar refractivity (Wildman–Crippen MR) is 128 cm³/mol. The van der Waals surface area contributed by atoms with E-state index in [-0.39, 0.29) is 0 Å². The summed E-state index contributed by atoms with van der Waals surface area (Å²) in [6, 6.07) is 27.8. The summed E-state index contributed by atoms with van der Waals surface area (Å²) in [6.45, 7) is 6.32. The van der Waals surface area contributed by atoms with Crippen molar-refractivity contribution in [3.05, 3.63) is 95.6 Å². The Labute approximate surface area is 184 Å². The van der Waals surface area contributed by atoms with Gasteiger partial charge in [-0.25, -0.2) is 18.2 Å². The van der Waals surface area contributed by atoms with Crippen LogP contribution in [0, 0.1) is 20.8 Å². The Hall–Kier alpha value is -3.22. The first-order valence-corrected chi connectivity index (χ1v) is 11.8. The number of primary sulfonamides is 1. The lowest BCUT2D eigenvalue weighted by Crippen LogP contribution is -2.07. The fourth-order valence-electron chi connectivity index (χ4n) is 3.06. The summed E-state index contributed by atoms with van der Waals surface area (Å²) in [5.74, 6) is 0. The van der Waals surface area contributed by atoms with E-state index < -0.39 is 10.0 Å². The molecule has 5 nitrogen and oxygen atoms in total. The third kappa shape index (κ3) is 6.38. The predicted octanol–water partition coefficient (Wildman–Crippen LogP) is 5.04. The van der Waals surface area contributed by atoms with Crippen molar-refractivity contribution in [1.29, 1.82) is 0 Å². The minimum atomic E-state index is -3.17. The maximum Gasteiger partial charge on any atom is 0.206 e. The van der Waals surface area contributed by atoms with Gasteiger partial charge in [-0.15, -0.1) is 0 Å². The Morgan fingerprint density at radius 2 is 1.10 bits per heavy atom. The number of rotatable bonds is 3. The van der Waals surface area contributed by atoms with Crippen molar-refractivity contribution in [1.82, 2.24) is 9.78 Å². The van der Waals surface area contributed by atoms with Crippen LogP contribution in [0.4, 0.5) is 0 Å². The van der Waals surface area contributed by atoms with Crippen LogP contribution in [0.1, 0.15) is 16.7 Å². The number of hydrogen-bond acceptors (Lipinski definition) is 3. The number of benzene rings is 3. The zero-order valence-electron chi connectivity index (χ0n) is 18.2.